The number of hydrogen-bond acceptors (Lipinski definition) is 7. The number of morpholine rings is 1. The summed E-state index contributed by atoms with van der Waals surface area (Å²) in [5, 5.41) is 16.9. The lowest BCUT2D eigenvalue weighted by Gasteiger charge is -2.25. The molecule has 0 spiro atoms. The van der Waals surface area contributed by atoms with Crippen LogP contribution in [0.25, 0.3) is 21.3 Å². The van der Waals surface area contributed by atoms with Gasteiger partial charge in [-0.25, -0.2) is 9.97 Å². The van der Waals surface area contributed by atoms with Crippen molar-refractivity contribution in [1.82, 2.24) is 14.9 Å². The number of anilines is 1. The van der Waals surface area contributed by atoms with E-state index < -0.39 is 0 Å². The third-order valence-electron chi connectivity index (χ3n) is 5.71. The highest BCUT2D eigenvalue weighted by molar-refractivity contribution is 7.17. The molecule has 2 aromatic carbocycles. The van der Waals surface area contributed by atoms with Gasteiger partial charge in [-0.1, -0.05) is 48.5 Å². The van der Waals surface area contributed by atoms with Crippen LogP contribution in [0, 0.1) is 0 Å². The molecule has 2 aromatic heterocycles. The van der Waals surface area contributed by atoms with Crippen molar-refractivity contribution in [2.45, 2.75) is 13.0 Å². The lowest BCUT2D eigenvalue weighted by atomic mass is 10.1. The highest BCUT2D eigenvalue weighted by Crippen LogP contribution is 2.37. The molecule has 1 aliphatic heterocycles. The lowest BCUT2D eigenvalue weighted by Crippen LogP contribution is -2.36. The second-order valence-corrected chi connectivity index (χ2v) is 8.74. The van der Waals surface area contributed by atoms with Gasteiger partial charge in [-0.2, -0.15) is 0 Å². The molecule has 0 saturated carbocycles. The minimum Gasteiger partial charge on any atom is -0.508 e. The Kier molecular flexibility index (Phi) is 6.29. The largest absolute Gasteiger partial charge is 0.508 e. The second-order valence-electron chi connectivity index (χ2n) is 7.88. The number of thiophene rings is 1. The van der Waals surface area contributed by atoms with Gasteiger partial charge in [0.25, 0.3) is 0 Å². The molecule has 1 saturated heterocycles. The number of nitrogens with one attached hydrogen (secondary N) is 1. The summed E-state index contributed by atoms with van der Waals surface area (Å²) >= 11 is 1.66. The number of aromatic hydroxyl groups is 1. The van der Waals surface area contributed by atoms with Crippen LogP contribution in [0.3, 0.4) is 0 Å². The fraction of sp³-hybridized carbons (Fsp3) is 0.280. The molecule has 6 nitrogen and oxygen atoms in total. The smallest absolute Gasteiger partial charge is 0.146 e. The fourth-order valence-corrected chi connectivity index (χ4v) is 4.98. The van der Waals surface area contributed by atoms with Crippen molar-refractivity contribution in [3.63, 3.8) is 0 Å². The van der Waals surface area contributed by atoms with Crippen LogP contribution in [0.4, 0.5) is 5.82 Å². The Morgan fingerprint density at radius 1 is 1.00 bits per heavy atom. The Labute approximate surface area is 191 Å². The van der Waals surface area contributed by atoms with Crippen molar-refractivity contribution in [3.05, 3.63) is 71.4 Å². The normalized spacial score (nSPS) is 14.6. The second kappa shape index (κ2) is 9.65. The molecule has 0 amide bonds. The summed E-state index contributed by atoms with van der Waals surface area (Å²) in [6.45, 7) is 4.70. The van der Waals surface area contributed by atoms with Crippen molar-refractivity contribution in [3.8, 4) is 16.9 Å². The number of aromatic nitrogens is 2. The Bertz CT molecular complexity index is 1190. The highest BCUT2D eigenvalue weighted by atomic mass is 32.1. The van der Waals surface area contributed by atoms with Gasteiger partial charge in [-0.05, 0) is 23.6 Å². The van der Waals surface area contributed by atoms with Gasteiger partial charge in [0.05, 0.1) is 25.1 Å². The summed E-state index contributed by atoms with van der Waals surface area (Å²) < 4.78 is 5.48. The van der Waals surface area contributed by atoms with E-state index >= 15 is 0 Å². The molecule has 3 heterocycles. The topological polar surface area (TPSA) is 70.5 Å². The average molecular weight is 447 g/mol. The predicted molar refractivity (Wildman–Crippen MR) is 129 cm³/mol. The van der Waals surface area contributed by atoms with E-state index in [9.17, 15) is 5.11 Å². The Balaban J connectivity index is 1.46. The van der Waals surface area contributed by atoms with E-state index in [1.165, 1.54) is 0 Å². The van der Waals surface area contributed by atoms with Crippen LogP contribution >= 0.6 is 11.3 Å². The van der Waals surface area contributed by atoms with Gasteiger partial charge < -0.3 is 15.2 Å². The maximum atomic E-state index is 10.1. The van der Waals surface area contributed by atoms with E-state index in [4.69, 9.17) is 14.7 Å². The van der Waals surface area contributed by atoms with E-state index in [1.807, 2.05) is 24.3 Å². The summed E-state index contributed by atoms with van der Waals surface area (Å²) in [4.78, 5) is 13.2. The molecule has 5 rings (SSSR count). The summed E-state index contributed by atoms with van der Waals surface area (Å²) in [6.07, 6.45) is 0.710. The van der Waals surface area contributed by atoms with E-state index in [0.717, 1.165) is 64.9 Å². The molecule has 1 aliphatic rings. The summed E-state index contributed by atoms with van der Waals surface area (Å²) in [7, 11) is 0. The van der Waals surface area contributed by atoms with Crippen molar-refractivity contribution in [2.24, 2.45) is 0 Å². The molecule has 0 radical (unpaired) electrons. The van der Waals surface area contributed by atoms with Crippen LogP contribution in [0.15, 0.2) is 60.0 Å². The van der Waals surface area contributed by atoms with Gasteiger partial charge >= 0.3 is 0 Å². The van der Waals surface area contributed by atoms with Gasteiger partial charge in [0.2, 0.25) is 0 Å². The number of phenolic OH excluding ortho intramolecular Hbond substituents is 1. The van der Waals surface area contributed by atoms with Crippen molar-refractivity contribution in [1.29, 1.82) is 0 Å². The standard InChI is InChI=1S/C25H26N4O2S/c30-21-9-5-4-8-19(21)10-11-26-24-23-20(18-6-2-1-3-7-18)17-32-25(23)28-22(27-24)16-29-12-14-31-15-13-29/h1-9,17,30H,10-16H2,(H,26,27,28). The molecule has 0 bridgehead atoms. The zero-order valence-electron chi connectivity index (χ0n) is 17.8. The Hall–Kier alpha value is -3.00. The fourth-order valence-electron chi connectivity index (χ4n) is 4.01. The number of nitrogens with zero attached hydrogens (tertiary/aromatic N) is 3. The van der Waals surface area contributed by atoms with E-state index in [0.29, 0.717) is 25.3 Å². The average Bonchev–Trinajstić information content (AvgIpc) is 3.26. The van der Waals surface area contributed by atoms with Crippen LogP contribution in [0.1, 0.15) is 11.4 Å². The van der Waals surface area contributed by atoms with E-state index in [1.54, 1.807) is 17.4 Å². The van der Waals surface area contributed by atoms with Crippen molar-refractivity contribution < 1.29 is 9.84 Å². The number of phenols is 1. The van der Waals surface area contributed by atoms with Gasteiger partial charge in [0.1, 0.15) is 22.2 Å². The molecular formula is C25H26N4O2S. The molecule has 2 N–H and O–H groups in total. The highest BCUT2D eigenvalue weighted by Gasteiger charge is 2.18. The first-order valence-electron chi connectivity index (χ1n) is 10.9. The van der Waals surface area contributed by atoms with Crippen LogP contribution in [-0.4, -0.2) is 52.8 Å². The van der Waals surface area contributed by atoms with E-state index in [-0.39, 0.29) is 0 Å². The molecule has 0 atom stereocenters. The number of benzene rings is 2. The lowest BCUT2D eigenvalue weighted by molar-refractivity contribution is 0.0331. The molecule has 164 valence electrons. The van der Waals surface area contributed by atoms with Gasteiger partial charge in [0.15, 0.2) is 0 Å². The number of hydrogen-bond donors (Lipinski definition) is 2. The van der Waals surface area contributed by atoms with Crippen molar-refractivity contribution in [2.75, 3.05) is 38.2 Å². The van der Waals surface area contributed by atoms with Gasteiger partial charge in [-0.15, -0.1) is 11.3 Å². The van der Waals surface area contributed by atoms with Gasteiger partial charge in [-0.3, -0.25) is 4.90 Å². The third-order valence-corrected chi connectivity index (χ3v) is 6.58. The predicted octanol–water partition coefficient (Wildman–Crippen LogP) is 4.55. The first-order chi connectivity index (χ1) is 15.8. The quantitative estimate of drug-likeness (QED) is 0.434. The number of para-hydroxylation sites is 1. The minimum absolute atomic E-state index is 0.329. The molecule has 32 heavy (non-hydrogen) atoms. The molecule has 0 unspecified atom stereocenters. The monoisotopic (exact) mass is 446 g/mol. The molecule has 0 aliphatic carbocycles. The van der Waals surface area contributed by atoms with Gasteiger partial charge in [0, 0.05) is 30.6 Å². The maximum Gasteiger partial charge on any atom is 0.146 e. The zero-order chi connectivity index (χ0) is 21.8. The third kappa shape index (κ3) is 4.60. The van der Waals surface area contributed by atoms with Crippen LogP contribution in [0.5, 0.6) is 5.75 Å². The first kappa shape index (κ1) is 20.9. The first-order valence-corrected chi connectivity index (χ1v) is 11.8. The summed E-state index contributed by atoms with van der Waals surface area (Å²) in [6, 6.07) is 17.8. The molecular weight excluding hydrogens is 420 g/mol. The Morgan fingerprint density at radius 2 is 1.78 bits per heavy atom. The number of fused-ring (bicyclic) bond motifs is 1. The number of rotatable bonds is 7. The SMILES string of the molecule is Oc1ccccc1CCNc1nc(CN2CCOCC2)nc2scc(-c3ccccc3)c12. The molecule has 1 fully saturated rings. The molecule has 7 heteroatoms. The van der Waals surface area contributed by atoms with E-state index in [2.05, 4.69) is 39.9 Å². The molecule has 4 aromatic rings. The van der Waals surface area contributed by atoms with Crippen LogP contribution in [0.2, 0.25) is 0 Å². The van der Waals surface area contributed by atoms with Crippen molar-refractivity contribution >= 4 is 27.4 Å². The minimum atomic E-state index is 0.329. The maximum absolute atomic E-state index is 10.1. The number of ether oxygens (including phenoxy) is 1. The zero-order valence-corrected chi connectivity index (χ0v) is 18.6. The van der Waals surface area contributed by atoms with Crippen LogP contribution in [-0.2, 0) is 17.7 Å². The summed E-state index contributed by atoms with van der Waals surface area (Å²) in [5.41, 5.74) is 3.23. The Morgan fingerprint density at radius 3 is 2.59 bits per heavy atom. The van der Waals surface area contributed by atoms with Crippen LogP contribution < -0.4 is 5.32 Å². The summed E-state index contributed by atoms with van der Waals surface area (Å²) in [5.74, 6) is 2.01.